The Morgan fingerprint density at radius 2 is 1.94 bits per heavy atom. The minimum atomic E-state index is -0.275. The number of carbonyl (C=O) groups excluding carboxylic acids is 1. The van der Waals surface area contributed by atoms with Gasteiger partial charge in [0, 0.05) is 12.5 Å². The maximum Gasteiger partial charge on any atom is 0.161 e. The van der Waals surface area contributed by atoms with Crippen LogP contribution in [0.15, 0.2) is 12.1 Å². The molecule has 0 amide bonds. The van der Waals surface area contributed by atoms with Crippen LogP contribution in [-0.4, -0.2) is 19.0 Å². The van der Waals surface area contributed by atoms with E-state index in [1.807, 2.05) is 19.1 Å². The smallest absolute Gasteiger partial charge is 0.161 e. The number of fused-ring (bicyclic) bond motifs is 1. The molecule has 0 bridgehead atoms. The predicted molar refractivity (Wildman–Crippen MR) is 64.4 cm³/mol. The largest absolute Gasteiger partial charge is 0.486 e. The van der Waals surface area contributed by atoms with E-state index in [4.69, 9.17) is 15.2 Å². The molecule has 17 heavy (non-hydrogen) atoms. The minimum Gasteiger partial charge on any atom is -0.486 e. The van der Waals surface area contributed by atoms with Crippen molar-refractivity contribution in [1.29, 1.82) is 0 Å². The Morgan fingerprint density at radius 3 is 2.53 bits per heavy atom. The van der Waals surface area contributed by atoms with Gasteiger partial charge in [-0.1, -0.05) is 0 Å². The third kappa shape index (κ3) is 2.58. The van der Waals surface area contributed by atoms with Crippen molar-refractivity contribution in [3.63, 3.8) is 0 Å². The van der Waals surface area contributed by atoms with E-state index in [0.717, 1.165) is 22.6 Å². The summed E-state index contributed by atoms with van der Waals surface area (Å²) >= 11 is 0. The van der Waals surface area contributed by atoms with E-state index < -0.39 is 0 Å². The van der Waals surface area contributed by atoms with Gasteiger partial charge < -0.3 is 15.2 Å². The zero-order chi connectivity index (χ0) is 12.4. The summed E-state index contributed by atoms with van der Waals surface area (Å²) in [7, 11) is 0. The van der Waals surface area contributed by atoms with Crippen molar-refractivity contribution in [3.8, 4) is 11.5 Å². The van der Waals surface area contributed by atoms with Gasteiger partial charge in [-0.2, -0.15) is 0 Å². The third-order valence-corrected chi connectivity index (χ3v) is 2.84. The number of aryl methyl sites for hydroxylation is 1. The van der Waals surface area contributed by atoms with Crippen molar-refractivity contribution in [3.05, 3.63) is 23.3 Å². The minimum absolute atomic E-state index is 0.0896. The van der Waals surface area contributed by atoms with E-state index >= 15 is 0 Å². The first-order valence-electron chi connectivity index (χ1n) is 5.73. The quantitative estimate of drug-likeness (QED) is 0.867. The lowest BCUT2D eigenvalue weighted by molar-refractivity contribution is -0.117. The zero-order valence-electron chi connectivity index (χ0n) is 10.2. The molecule has 4 nitrogen and oxygen atoms in total. The number of hydrogen-bond donors (Lipinski definition) is 1. The molecule has 4 heteroatoms. The number of Topliss-reactive ketones (excluding diaryl/α,β-unsaturated/α-hetero) is 1. The first kappa shape index (κ1) is 11.9. The lowest BCUT2D eigenvalue weighted by Crippen LogP contribution is -2.18. The van der Waals surface area contributed by atoms with E-state index in [0.29, 0.717) is 19.6 Å². The standard InChI is InChI=1S/C13H17NO3/c1-8-5-12-13(17-4-3-16-12)7-10(8)11(14)6-9(2)15/h5,7,11H,3-4,6,14H2,1-2H3. The SMILES string of the molecule is CC(=O)CC(N)c1cc2c(cc1C)OCCO2. The van der Waals surface area contributed by atoms with Gasteiger partial charge in [-0.05, 0) is 37.1 Å². The van der Waals surface area contributed by atoms with E-state index in [9.17, 15) is 4.79 Å². The summed E-state index contributed by atoms with van der Waals surface area (Å²) in [5.74, 6) is 1.56. The number of benzene rings is 1. The highest BCUT2D eigenvalue weighted by Crippen LogP contribution is 2.35. The van der Waals surface area contributed by atoms with Crippen LogP contribution in [0, 0.1) is 6.92 Å². The third-order valence-electron chi connectivity index (χ3n) is 2.84. The Labute approximate surface area is 101 Å². The Kier molecular flexibility index (Phi) is 3.33. The molecule has 1 aromatic carbocycles. The molecular formula is C13H17NO3. The molecule has 1 heterocycles. The topological polar surface area (TPSA) is 61.6 Å². The highest BCUT2D eigenvalue weighted by molar-refractivity contribution is 5.76. The normalized spacial score (nSPS) is 15.5. The fraction of sp³-hybridized carbons (Fsp3) is 0.462. The van der Waals surface area contributed by atoms with Crippen LogP contribution in [0.4, 0.5) is 0 Å². The molecule has 1 atom stereocenters. The summed E-state index contributed by atoms with van der Waals surface area (Å²) in [6, 6.07) is 3.53. The van der Waals surface area contributed by atoms with E-state index in [1.54, 1.807) is 6.92 Å². The number of ether oxygens (including phenoxy) is 2. The van der Waals surface area contributed by atoms with Crippen LogP contribution in [0.3, 0.4) is 0 Å². The van der Waals surface area contributed by atoms with Crippen LogP contribution in [0.25, 0.3) is 0 Å². The van der Waals surface area contributed by atoms with Gasteiger partial charge in [0.25, 0.3) is 0 Å². The average Bonchev–Trinajstić information content (AvgIpc) is 2.27. The summed E-state index contributed by atoms with van der Waals surface area (Å²) in [5, 5.41) is 0. The second-order valence-electron chi connectivity index (χ2n) is 4.37. The van der Waals surface area contributed by atoms with Crippen molar-refractivity contribution in [2.75, 3.05) is 13.2 Å². The first-order valence-corrected chi connectivity index (χ1v) is 5.73. The average molecular weight is 235 g/mol. The van der Waals surface area contributed by atoms with Gasteiger partial charge in [0.1, 0.15) is 19.0 Å². The molecule has 1 aliphatic heterocycles. The monoisotopic (exact) mass is 235 g/mol. The molecule has 0 spiro atoms. The van der Waals surface area contributed by atoms with Gasteiger partial charge in [0.2, 0.25) is 0 Å². The molecule has 2 N–H and O–H groups in total. The predicted octanol–water partition coefficient (Wildman–Crippen LogP) is 1.75. The summed E-state index contributed by atoms with van der Waals surface area (Å²) in [6.07, 6.45) is 0.348. The Bertz CT molecular complexity index is 443. The molecule has 0 fully saturated rings. The molecule has 92 valence electrons. The number of ketones is 1. The van der Waals surface area contributed by atoms with Gasteiger partial charge in [-0.3, -0.25) is 4.79 Å². The van der Waals surface area contributed by atoms with Crippen molar-refractivity contribution in [1.82, 2.24) is 0 Å². The molecule has 1 aliphatic rings. The lowest BCUT2D eigenvalue weighted by atomic mass is 9.97. The second-order valence-corrected chi connectivity index (χ2v) is 4.37. The second kappa shape index (κ2) is 4.75. The number of carbonyl (C=O) groups is 1. The van der Waals surface area contributed by atoms with Crippen LogP contribution in [0.1, 0.15) is 30.5 Å². The highest BCUT2D eigenvalue weighted by atomic mass is 16.6. The van der Waals surface area contributed by atoms with E-state index in [2.05, 4.69) is 0 Å². The molecule has 2 rings (SSSR count). The highest BCUT2D eigenvalue weighted by Gasteiger charge is 2.18. The van der Waals surface area contributed by atoms with Crippen LogP contribution in [-0.2, 0) is 4.79 Å². The number of rotatable bonds is 3. The van der Waals surface area contributed by atoms with Crippen molar-refractivity contribution < 1.29 is 14.3 Å². The number of nitrogens with two attached hydrogens (primary N) is 1. The molecule has 0 radical (unpaired) electrons. The summed E-state index contributed by atoms with van der Waals surface area (Å²) in [6.45, 7) is 4.64. The fourth-order valence-electron chi connectivity index (χ4n) is 2.03. The van der Waals surface area contributed by atoms with Crippen molar-refractivity contribution in [2.24, 2.45) is 5.73 Å². The summed E-state index contributed by atoms with van der Waals surface area (Å²) in [4.78, 5) is 11.1. The Balaban J connectivity index is 2.31. The van der Waals surface area contributed by atoms with Crippen LogP contribution < -0.4 is 15.2 Å². The van der Waals surface area contributed by atoms with E-state index in [1.165, 1.54) is 0 Å². The van der Waals surface area contributed by atoms with Gasteiger partial charge >= 0.3 is 0 Å². The molecule has 0 saturated heterocycles. The first-order chi connectivity index (χ1) is 8.08. The molecule has 1 aromatic rings. The van der Waals surface area contributed by atoms with Crippen molar-refractivity contribution in [2.45, 2.75) is 26.3 Å². The van der Waals surface area contributed by atoms with Crippen molar-refractivity contribution >= 4 is 5.78 Å². The maximum absolute atomic E-state index is 11.1. The van der Waals surface area contributed by atoms with Crippen LogP contribution >= 0.6 is 0 Å². The summed E-state index contributed by atoms with van der Waals surface area (Å²) in [5.41, 5.74) is 7.99. The van der Waals surface area contributed by atoms with Gasteiger partial charge in [0.05, 0.1) is 0 Å². The van der Waals surface area contributed by atoms with E-state index in [-0.39, 0.29) is 11.8 Å². The van der Waals surface area contributed by atoms with Gasteiger partial charge in [0.15, 0.2) is 11.5 Å². The molecule has 0 saturated carbocycles. The molecular weight excluding hydrogens is 218 g/mol. The fourth-order valence-corrected chi connectivity index (χ4v) is 2.03. The summed E-state index contributed by atoms with van der Waals surface area (Å²) < 4.78 is 11.0. The Hall–Kier alpha value is -1.55. The van der Waals surface area contributed by atoms with Gasteiger partial charge in [-0.25, -0.2) is 0 Å². The number of hydrogen-bond acceptors (Lipinski definition) is 4. The molecule has 0 aromatic heterocycles. The van der Waals surface area contributed by atoms with Crippen LogP contribution in [0.5, 0.6) is 11.5 Å². The zero-order valence-corrected chi connectivity index (χ0v) is 10.2. The molecule has 0 aliphatic carbocycles. The van der Waals surface area contributed by atoms with Gasteiger partial charge in [-0.15, -0.1) is 0 Å². The maximum atomic E-state index is 11.1. The molecule has 1 unspecified atom stereocenters. The Morgan fingerprint density at radius 1 is 1.35 bits per heavy atom. The van der Waals surface area contributed by atoms with Crippen LogP contribution in [0.2, 0.25) is 0 Å². The lowest BCUT2D eigenvalue weighted by Gasteiger charge is -2.22.